The van der Waals surface area contributed by atoms with Crippen molar-refractivity contribution in [1.29, 1.82) is 0 Å². The van der Waals surface area contributed by atoms with Crippen LogP contribution in [0.2, 0.25) is 0 Å². The van der Waals surface area contributed by atoms with Crippen molar-refractivity contribution in [2.24, 2.45) is 10.2 Å². The number of benzene rings is 1. The van der Waals surface area contributed by atoms with Gasteiger partial charge in [-0.1, -0.05) is 12.2 Å². The van der Waals surface area contributed by atoms with Crippen LogP contribution in [0, 0.1) is 0 Å². The van der Waals surface area contributed by atoms with E-state index in [9.17, 15) is 0 Å². The van der Waals surface area contributed by atoms with E-state index in [0.717, 1.165) is 37.6 Å². The van der Waals surface area contributed by atoms with Crippen molar-refractivity contribution in [1.82, 2.24) is 9.97 Å². The van der Waals surface area contributed by atoms with Crippen LogP contribution in [-0.4, -0.2) is 36.1 Å². The molecule has 1 aromatic carbocycles. The van der Waals surface area contributed by atoms with Crippen LogP contribution in [0.25, 0.3) is 0 Å². The highest BCUT2D eigenvalue weighted by atomic mass is 15.3. The summed E-state index contributed by atoms with van der Waals surface area (Å²) in [6.45, 7) is 11.3. The maximum atomic E-state index is 4.26. The summed E-state index contributed by atoms with van der Waals surface area (Å²) in [4.78, 5) is 11.6. The standard InChI is InChI=1S/C17H20N6/c1-3-9-22-11-12-23(10-4-2)16-13-14(5-6-15(16)22)20-21-17-18-7-8-19-17/h3-8,13H,1-2,9-12H2,(H,18,19)/b21-20+. The molecule has 1 aliphatic rings. The third-order valence-electron chi connectivity index (χ3n) is 3.72. The molecule has 0 amide bonds. The van der Waals surface area contributed by atoms with E-state index in [4.69, 9.17) is 0 Å². The highest BCUT2D eigenvalue weighted by molar-refractivity contribution is 5.77. The largest absolute Gasteiger partial charge is 0.364 e. The van der Waals surface area contributed by atoms with E-state index in [1.54, 1.807) is 12.4 Å². The molecule has 0 saturated heterocycles. The van der Waals surface area contributed by atoms with Gasteiger partial charge in [0.15, 0.2) is 0 Å². The van der Waals surface area contributed by atoms with Crippen molar-refractivity contribution in [3.8, 4) is 0 Å². The van der Waals surface area contributed by atoms with Crippen LogP contribution in [-0.2, 0) is 0 Å². The molecular weight excluding hydrogens is 288 g/mol. The molecule has 0 radical (unpaired) electrons. The number of imidazole rings is 1. The van der Waals surface area contributed by atoms with Gasteiger partial charge in [0.1, 0.15) is 0 Å². The number of hydrogen-bond acceptors (Lipinski definition) is 5. The van der Waals surface area contributed by atoms with Crippen LogP contribution < -0.4 is 9.80 Å². The summed E-state index contributed by atoms with van der Waals surface area (Å²) in [7, 11) is 0. The molecule has 0 spiro atoms. The minimum atomic E-state index is 0.499. The zero-order valence-corrected chi connectivity index (χ0v) is 13.0. The molecule has 2 heterocycles. The van der Waals surface area contributed by atoms with Gasteiger partial charge >= 0.3 is 0 Å². The first-order valence-corrected chi connectivity index (χ1v) is 7.58. The van der Waals surface area contributed by atoms with Crippen LogP contribution in [0.15, 0.2) is 66.1 Å². The molecule has 23 heavy (non-hydrogen) atoms. The summed E-state index contributed by atoms with van der Waals surface area (Å²) in [6, 6.07) is 6.11. The van der Waals surface area contributed by atoms with Gasteiger partial charge < -0.3 is 14.8 Å². The second-order valence-electron chi connectivity index (χ2n) is 5.26. The van der Waals surface area contributed by atoms with Crippen LogP contribution in [0.3, 0.4) is 0 Å². The van der Waals surface area contributed by atoms with E-state index in [1.807, 2.05) is 18.2 Å². The summed E-state index contributed by atoms with van der Waals surface area (Å²) < 4.78 is 0. The highest BCUT2D eigenvalue weighted by Gasteiger charge is 2.21. The molecule has 6 heteroatoms. The van der Waals surface area contributed by atoms with Gasteiger partial charge in [0.25, 0.3) is 0 Å². The molecule has 0 bridgehead atoms. The normalized spacial score (nSPS) is 14.1. The highest BCUT2D eigenvalue weighted by Crippen LogP contribution is 2.36. The molecule has 1 aromatic heterocycles. The summed E-state index contributed by atoms with van der Waals surface area (Å²) >= 11 is 0. The monoisotopic (exact) mass is 308 g/mol. The van der Waals surface area contributed by atoms with E-state index in [1.165, 1.54) is 5.69 Å². The maximum absolute atomic E-state index is 4.26. The molecule has 0 fully saturated rings. The van der Waals surface area contributed by atoms with Crippen LogP contribution in [0.5, 0.6) is 0 Å². The number of fused-ring (bicyclic) bond motifs is 1. The van der Waals surface area contributed by atoms with E-state index in [0.29, 0.717) is 5.95 Å². The van der Waals surface area contributed by atoms with Gasteiger partial charge in [-0.3, -0.25) is 0 Å². The number of hydrogen-bond donors (Lipinski definition) is 1. The van der Waals surface area contributed by atoms with Crippen LogP contribution in [0.1, 0.15) is 0 Å². The SMILES string of the molecule is C=CCN1CCN(CC=C)c2cc(/N=N/c3ncc[nH]3)ccc21. The van der Waals surface area contributed by atoms with Crippen molar-refractivity contribution in [2.75, 3.05) is 36.0 Å². The maximum Gasteiger partial charge on any atom is 0.246 e. The van der Waals surface area contributed by atoms with Crippen molar-refractivity contribution in [2.45, 2.75) is 0 Å². The lowest BCUT2D eigenvalue weighted by molar-refractivity contribution is 0.751. The molecule has 6 nitrogen and oxygen atoms in total. The number of nitrogens with one attached hydrogen (secondary N) is 1. The Labute approximate surface area is 135 Å². The Kier molecular flexibility index (Phi) is 4.52. The first kappa shape index (κ1) is 15.0. The number of anilines is 2. The predicted octanol–water partition coefficient (Wildman–Crippen LogP) is 3.82. The molecule has 0 unspecified atom stereocenters. The van der Waals surface area contributed by atoms with Crippen molar-refractivity contribution >= 4 is 23.0 Å². The van der Waals surface area contributed by atoms with E-state index < -0.39 is 0 Å². The molecule has 2 aromatic rings. The van der Waals surface area contributed by atoms with Gasteiger partial charge in [-0.25, -0.2) is 4.98 Å². The first-order chi connectivity index (χ1) is 11.3. The Morgan fingerprint density at radius 3 is 2.48 bits per heavy atom. The Bertz CT molecular complexity index is 704. The lowest BCUT2D eigenvalue weighted by Gasteiger charge is -2.38. The van der Waals surface area contributed by atoms with Gasteiger partial charge in [-0.15, -0.1) is 23.4 Å². The average Bonchev–Trinajstić information content (AvgIpc) is 3.09. The van der Waals surface area contributed by atoms with Gasteiger partial charge in [0.05, 0.1) is 17.1 Å². The third kappa shape index (κ3) is 3.31. The Morgan fingerprint density at radius 2 is 1.83 bits per heavy atom. The molecule has 1 N–H and O–H groups in total. The van der Waals surface area contributed by atoms with Gasteiger partial charge in [0, 0.05) is 38.6 Å². The van der Waals surface area contributed by atoms with E-state index in [2.05, 4.69) is 55.3 Å². The smallest absolute Gasteiger partial charge is 0.246 e. The van der Waals surface area contributed by atoms with Gasteiger partial charge in [-0.2, -0.15) is 0 Å². The molecule has 0 aliphatic carbocycles. The number of aromatic amines is 1. The zero-order valence-electron chi connectivity index (χ0n) is 13.0. The topological polar surface area (TPSA) is 59.9 Å². The zero-order chi connectivity index (χ0) is 16.1. The number of aromatic nitrogens is 2. The summed E-state index contributed by atoms with van der Waals surface area (Å²) in [6.07, 6.45) is 7.22. The van der Waals surface area contributed by atoms with Crippen LogP contribution in [0.4, 0.5) is 23.0 Å². The van der Waals surface area contributed by atoms with Crippen molar-refractivity contribution in [3.63, 3.8) is 0 Å². The molecule has 0 atom stereocenters. The first-order valence-electron chi connectivity index (χ1n) is 7.58. The number of rotatable bonds is 6. The lowest BCUT2D eigenvalue weighted by atomic mass is 10.1. The Morgan fingerprint density at radius 1 is 1.09 bits per heavy atom. The predicted molar refractivity (Wildman–Crippen MR) is 94.0 cm³/mol. The average molecular weight is 308 g/mol. The van der Waals surface area contributed by atoms with E-state index >= 15 is 0 Å². The molecule has 0 saturated carbocycles. The van der Waals surface area contributed by atoms with Crippen molar-refractivity contribution < 1.29 is 0 Å². The van der Waals surface area contributed by atoms with Gasteiger partial charge in [0.2, 0.25) is 5.95 Å². The second kappa shape index (κ2) is 6.91. The fraction of sp³-hybridized carbons (Fsp3) is 0.235. The number of H-pyrrole nitrogens is 1. The fourth-order valence-electron chi connectivity index (χ4n) is 2.68. The molecule has 3 rings (SSSR count). The molecule has 118 valence electrons. The van der Waals surface area contributed by atoms with Crippen molar-refractivity contribution in [3.05, 3.63) is 55.9 Å². The molecular formula is C17H20N6. The minimum absolute atomic E-state index is 0.499. The third-order valence-corrected chi connectivity index (χ3v) is 3.72. The Hall–Kier alpha value is -2.89. The Balaban J connectivity index is 1.91. The second-order valence-corrected chi connectivity index (χ2v) is 5.26. The van der Waals surface area contributed by atoms with Gasteiger partial charge in [-0.05, 0) is 18.2 Å². The summed E-state index contributed by atoms with van der Waals surface area (Å²) in [5.41, 5.74) is 3.14. The quantitative estimate of drug-likeness (QED) is 0.652. The van der Waals surface area contributed by atoms with E-state index in [-0.39, 0.29) is 0 Å². The molecule has 1 aliphatic heterocycles. The summed E-state index contributed by atoms with van der Waals surface area (Å²) in [5.74, 6) is 0.499. The lowest BCUT2D eigenvalue weighted by Crippen LogP contribution is -2.41. The summed E-state index contributed by atoms with van der Waals surface area (Å²) in [5, 5.41) is 8.36. The fourth-order valence-corrected chi connectivity index (χ4v) is 2.68. The van der Waals surface area contributed by atoms with Crippen LogP contribution >= 0.6 is 0 Å². The number of nitrogens with zero attached hydrogens (tertiary/aromatic N) is 5. The minimum Gasteiger partial charge on any atom is -0.364 e. The number of azo groups is 1.